The molecule has 1 aliphatic heterocycles. The molecule has 0 spiro atoms. The van der Waals surface area contributed by atoms with Gasteiger partial charge in [-0.1, -0.05) is 36.8 Å². The van der Waals surface area contributed by atoms with Crippen molar-refractivity contribution in [3.63, 3.8) is 0 Å². The zero-order chi connectivity index (χ0) is 17.1. The number of nitrogens with one attached hydrogen (secondary N) is 2. The van der Waals surface area contributed by atoms with Crippen LogP contribution in [0.5, 0.6) is 0 Å². The van der Waals surface area contributed by atoms with Gasteiger partial charge in [0.15, 0.2) is 0 Å². The molecular weight excluding hydrogens is 306 g/mol. The van der Waals surface area contributed by atoms with Crippen LogP contribution in [-0.2, 0) is 6.54 Å². The van der Waals surface area contributed by atoms with Crippen molar-refractivity contribution in [1.82, 2.24) is 15.3 Å². The van der Waals surface area contributed by atoms with E-state index in [4.69, 9.17) is 0 Å². The SMILES string of the molecule is CCCNC(=O)N1CN(Cc2ccc(C)cc2)c2[nH]c(=O)ncc21. The molecular formula is C17H21N5O2. The minimum Gasteiger partial charge on any atom is -0.338 e. The number of fused-ring (bicyclic) bond motifs is 1. The highest BCUT2D eigenvalue weighted by atomic mass is 16.2. The van der Waals surface area contributed by atoms with E-state index in [-0.39, 0.29) is 6.03 Å². The van der Waals surface area contributed by atoms with Crippen LogP contribution in [0.15, 0.2) is 35.3 Å². The fourth-order valence-corrected chi connectivity index (χ4v) is 2.68. The summed E-state index contributed by atoms with van der Waals surface area (Å²) in [5.74, 6) is 0.627. The Morgan fingerprint density at radius 3 is 2.79 bits per heavy atom. The average Bonchev–Trinajstić information content (AvgIpc) is 2.92. The van der Waals surface area contributed by atoms with E-state index in [1.807, 2.05) is 43.0 Å². The first kappa shape index (κ1) is 16.0. The van der Waals surface area contributed by atoms with Gasteiger partial charge in [-0.25, -0.2) is 9.59 Å². The molecule has 2 amide bonds. The number of carbonyl (C=O) groups is 1. The number of rotatable bonds is 4. The molecule has 0 aliphatic carbocycles. The first-order valence-corrected chi connectivity index (χ1v) is 8.03. The molecule has 0 saturated heterocycles. The third kappa shape index (κ3) is 3.24. The van der Waals surface area contributed by atoms with Crippen LogP contribution in [0.1, 0.15) is 24.5 Å². The van der Waals surface area contributed by atoms with Crippen molar-refractivity contribution in [2.24, 2.45) is 0 Å². The summed E-state index contributed by atoms with van der Waals surface area (Å²) in [6.45, 7) is 5.63. The Morgan fingerprint density at radius 1 is 1.33 bits per heavy atom. The van der Waals surface area contributed by atoms with E-state index in [2.05, 4.69) is 15.3 Å². The second-order valence-corrected chi connectivity index (χ2v) is 5.91. The Morgan fingerprint density at radius 2 is 2.08 bits per heavy atom. The summed E-state index contributed by atoms with van der Waals surface area (Å²) in [6, 6.07) is 8.02. The van der Waals surface area contributed by atoms with Crippen LogP contribution in [0.3, 0.4) is 0 Å². The molecule has 126 valence electrons. The van der Waals surface area contributed by atoms with Gasteiger partial charge in [0.25, 0.3) is 0 Å². The summed E-state index contributed by atoms with van der Waals surface area (Å²) >= 11 is 0. The highest BCUT2D eigenvalue weighted by molar-refractivity contribution is 5.97. The van der Waals surface area contributed by atoms with E-state index in [1.165, 1.54) is 11.8 Å². The van der Waals surface area contributed by atoms with E-state index in [0.29, 0.717) is 31.3 Å². The summed E-state index contributed by atoms with van der Waals surface area (Å²) in [5, 5.41) is 2.86. The number of hydrogen-bond acceptors (Lipinski definition) is 4. The zero-order valence-corrected chi connectivity index (χ0v) is 13.9. The summed E-state index contributed by atoms with van der Waals surface area (Å²) in [5.41, 5.74) is 2.51. The lowest BCUT2D eigenvalue weighted by molar-refractivity contribution is 0.246. The van der Waals surface area contributed by atoms with E-state index in [1.54, 1.807) is 4.90 Å². The zero-order valence-electron chi connectivity index (χ0n) is 13.9. The summed E-state index contributed by atoms with van der Waals surface area (Å²) < 4.78 is 0. The first-order valence-electron chi connectivity index (χ1n) is 8.03. The molecule has 2 heterocycles. The van der Waals surface area contributed by atoms with Gasteiger partial charge in [-0.05, 0) is 18.9 Å². The van der Waals surface area contributed by atoms with E-state index < -0.39 is 5.69 Å². The lowest BCUT2D eigenvalue weighted by atomic mass is 10.1. The standard InChI is InChI=1S/C17H21N5O2/c1-3-8-18-17(24)22-11-21(10-13-6-4-12(2)5-7-13)15-14(22)9-19-16(23)20-15/h4-7,9H,3,8,10-11H2,1-2H3,(H,18,24)(H,19,20,23). The molecule has 24 heavy (non-hydrogen) atoms. The molecule has 7 nitrogen and oxygen atoms in total. The maximum absolute atomic E-state index is 12.4. The minimum atomic E-state index is -0.418. The van der Waals surface area contributed by atoms with Crippen molar-refractivity contribution < 1.29 is 4.79 Å². The van der Waals surface area contributed by atoms with E-state index in [9.17, 15) is 9.59 Å². The number of aromatic nitrogens is 2. The molecule has 0 fully saturated rings. The van der Waals surface area contributed by atoms with Gasteiger partial charge in [-0.15, -0.1) is 0 Å². The van der Waals surface area contributed by atoms with Crippen LogP contribution in [0, 0.1) is 6.92 Å². The number of amides is 2. The van der Waals surface area contributed by atoms with Gasteiger partial charge in [0, 0.05) is 13.1 Å². The molecule has 1 aromatic carbocycles. The first-order chi connectivity index (χ1) is 11.6. The van der Waals surface area contributed by atoms with Gasteiger partial charge in [0.1, 0.15) is 18.2 Å². The molecule has 0 atom stereocenters. The fourth-order valence-electron chi connectivity index (χ4n) is 2.68. The number of nitrogens with zero attached hydrogens (tertiary/aromatic N) is 3. The minimum absolute atomic E-state index is 0.182. The Bertz CT molecular complexity index is 784. The average molecular weight is 327 g/mol. The maximum atomic E-state index is 12.4. The van der Waals surface area contributed by atoms with Crippen molar-refractivity contribution in [2.45, 2.75) is 26.8 Å². The second kappa shape index (κ2) is 6.74. The van der Waals surface area contributed by atoms with Crippen molar-refractivity contribution in [3.05, 3.63) is 52.1 Å². The Kier molecular flexibility index (Phi) is 4.50. The monoisotopic (exact) mass is 327 g/mol. The summed E-state index contributed by atoms with van der Waals surface area (Å²) in [6.07, 6.45) is 2.32. The van der Waals surface area contributed by atoms with Gasteiger partial charge < -0.3 is 10.2 Å². The lowest BCUT2D eigenvalue weighted by Gasteiger charge is -2.20. The molecule has 1 aliphatic rings. The van der Waals surface area contributed by atoms with Gasteiger partial charge in [0.2, 0.25) is 0 Å². The number of carbonyl (C=O) groups excluding carboxylic acids is 1. The van der Waals surface area contributed by atoms with Gasteiger partial charge in [-0.2, -0.15) is 4.98 Å². The van der Waals surface area contributed by atoms with Crippen LogP contribution in [0.4, 0.5) is 16.3 Å². The molecule has 3 rings (SSSR count). The molecule has 7 heteroatoms. The van der Waals surface area contributed by atoms with E-state index >= 15 is 0 Å². The van der Waals surface area contributed by atoms with Crippen molar-refractivity contribution in [3.8, 4) is 0 Å². The van der Waals surface area contributed by atoms with Crippen LogP contribution in [-0.4, -0.2) is 29.2 Å². The number of H-pyrrole nitrogens is 1. The molecule has 1 aromatic heterocycles. The second-order valence-electron chi connectivity index (χ2n) is 5.91. The fraction of sp³-hybridized carbons (Fsp3) is 0.353. The Labute approximate surface area is 140 Å². The maximum Gasteiger partial charge on any atom is 0.346 e. The van der Waals surface area contributed by atoms with Crippen LogP contribution in [0.25, 0.3) is 0 Å². The predicted octanol–water partition coefficient (Wildman–Crippen LogP) is 1.98. The normalized spacial score (nSPS) is 13.1. The highest BCUT2D eigenvalue weighted by Crippen LogP contribution is 2.33. The van der Waals surface area contributed by atoms with Crippen molar-refractivity contribution in [2.75, 3.05) is 23.0 Å². The lowest BCUT2D eigenvalue weighted by Crippen LogP contribution is -2.42. The molecule has 0 bridgehead atoms. The number of benzene rings is 1. The van der Waals surface area contributed by atoms with Crippen molar-refractivity contribution in [1.29, 1.82) is 0 Å². The van der Waals surface area contributed by atoms with E-state index in [0.717, 1.165) is 12.0 Å². The molecule has 2 aromatic rings. The van der Waals surface area contributed by atoms with Gasteiger partial charge in [-0.3, -0.25) is 9.88 Å². The predicted molar refractivity (Wildman–Crippen MR) is 93.3 cm³/mol. The van der Waals surface area contributed by atoms with Crippen LogP contribution >= 0.6 is 0 Å². The molecule has 0 saturated carbocycles. The molecule has 0 unspecified atom stereocenters. The smallest absolute Gasteiger partial charge is 0.338 e. The number of urea groups is 1. The number of hydrogen-bond donors (Lipinski definition) is 2. The van der Waals surface area contributed by atoms with Gasteiger partial charge in [0.05, 0.1) is 6.20 Å². The molecule has 2 N–H and O–H groups in total. The number of anilines is 2. The Balaban J connectivity index is 1.86. The third-order valence-corrected chi connectivity index (χ3v) is 3.96. The third-order valence-electron chi connectivity index (χ3n) is 3.96. The Hall–Kier alpha value is -2.83. The van der Waals surface area contributed by atoms with Crippen LogP contribution in [0.2, 0.25) is 0 Å². The summed E-state index contributed by atoms with van der Waals surface area (Å²) in [4.78, 5) is 34.0. The number of aryl methyl sites for hydroxylation is 1. The molecule has 0 radical (unpaired) electrons. The largest absolute Gasteiger partial charge is 0.346 e. The summed E-state index contributed by atoms with van der Waals surface area (Å²) in [7, 11) is 0. The quantitative estimate of drug-likeness (QED) is 0.900. The van der Waals surface area contributed by atoms with Crippen molar-refractivity contribution >= 4 is 17.5 Å². The number of aromatic amines is 1. The van der Waals surface area contributed by atoms with Gasteiger partial charge >= 0.3 is 11.7 Å². The highest BCUT2D eigenvalue weighted by Gasteiger charge is 2.31. The topological polar surface area (TPSA) is 81.3 Å². The van der Waals surface area contributed by atoms with Crippen LogP contribution < -0.4 is 20.8 Å².